The third-order valence-electron chi connectivity index (χ3n) is 4.72. The maximum absolute atomic E-state index is 14.2. The van der Waals surface area contributed by atoms with Gasteiger partial charge < -0.3 is 19.8 Å². The molecule has 0 saturated carbocycles. The molecule has 1 aromatic carbocycles. The summed E-state index contributed by atoms with van der Waals surface area (Å²) in [6.45, 7) is 0.534. The highest BCUT2D eigenvalue weighted by Gasteiger charge is 2.17. The van der Waals surface area contributed by atoms with Crippen molar-refractivity contribution in [3.05, 3.63) is 42.1 Å². The minimum Gasteiger partial charge on any atom is -0.494 e. The molecule has 0 aliphatic rings. The van der Waals surface area contributed by atoms with Gasteiger partial charge in [0.2, 0.25) is 5.95 Å². The van der Waals surface area contributed by atoms with Gasteiger partial charge in [0.05, 0.1) is 18.8 Å². The molecule has 0 fully saturated rings. The Balaban J connectivity index is 1.46. The van der Waals surface area contributed by atoms with Gasteiger partial charge in [0.25, 0.3) is 5.89 Å². The molecule has 10 nitrogen and oxygen atoms in total. The van der Waals surface area contributed by atoms with Gasteiger partial charge in [-0.2, -0.15) is 4.52 Å². The van der Waals surface area contributed by atoms with Crippen molar-refractivity contribution in [3.8, 4) is 5.75 Å². The van der Waals surface area contributed by atoms with Gasteiger partial charge in [-0.25, -0.2) is 19.3 Å². The fourth-order valence-corrected chi connectivity index (χ4v) is 3.16. The third-order valence-corrected chi connectivity index (χ3v) is 4.72. The monoisotopic (exact) mass is 413 g/mol. The summed E-state index contributed by atoms with van der Waals surface area (Å²) in [5, 5.41) is 4.88. The number of benzene rings is 1. The predicted molar refractivity (Wildman–Crippen MR) is 106 cm³/mol. The Bertz CT molecular complexity index is 1210. The average molecular weight is 413 g/mol. The van der Waals surface area contributed by atoms with Crippen LogP contribution in [-0.2, 0) is 6.42 Å². The Hall–Kier alpha value is -3.76. The van der Waals surface area contributed by atoms with Crippen LogP contribution >= 0.6 is 0 Å². The van der Waals surface area contributed by atoms with Crippen molar-refractivity contribution in [1.82, 2.24) is 29.5 Å². The van der Waals surface area contributed by atoms with Gasteiger partial charge in [0.1, 0.15) is 6.26 Å². The van der Waals surface area contributed by atoms with Crippen molar-refractivity contribution in [2.24, 2.45) is 0 Å². The molecule has 0 bridgehead atoms. The van der Waals surface area contributed by atoms with Crippen LogP contribution in [-0.4, -0.2) is 56.1 Å². The van der Waals surface area contributed by atoms with Gasteiger partial charge in [0.15, 0.2) is 23.0 Å². The highest BCUT2D eigenvalue weighted by Crippen LogP contribution is 2.27. The van der Waals surface area contributed by atoms with E-state index in [0.717, 1.165) is 12.8 Å². The second kappa shape index (κ2) is 7.93. The van der Waals surface area contributed by atoms with E-state index in [9.17, 15) is 9.18 Å². The summed E-state index contributed by atoms with van der Waals surface area (Å²) in [7, 11) is 3.08. The molecule has 0 radical (unpaired) electrons. The van der Waals surface area contributed by atoms with Crippen molar-refractivity contribution >= 4 is 28.4 Å². The number of carbonyl (C=O) groups is 1. The van der Waals surface area contributed by atoms with Crippen LogP contribution in [0.5, 0.6) is 5.75 Å². The maximum atomic E-state index is 14.2. The number of ether oxygens (including phenoxy) is 1. The van der Waals surface area contributed by atoms with Gasteiger partial charge in [0, 0.05) is 31.5 Å². The van der Waals surface area contributed by atoms with Crippen LogP contribution in [0.1, 0.15) is 29.4 Å². The number of aryl methyl sites for hydroxylation is 1. The summed E-state index contributed by atoms with van der Waals surface area (Å²) in [6, 6.07) is 2.80. The number of hydrogen-bond donors (Lipinski definition) is 1. The third kappa shape index (κ3) is 3.61. The van der Waals surface area contributed by atoms with E-state index in [1.54, 1.807) is 11.9 Å². The minimum atomic E-state index is -0.512. The number of unbranched alkanes of at least 4 members (excludes halogenated alkanes) is 1. The minimum absolute atomic E-state index is 0.0678. The van der Waals surface area contributed by atoms with Crippen LogP contribution in [0.2, 0.25) is 0 Å². The average Bonchev–Trinajstić information content (AvgIpc) is 3.41. The fraction of sp³-hybridized carbons (Fsp3) is 0.316. The Morgan fingerprint density at radius 2 is 2.17 bits per heavy atom. The highest BCUT2D eigenvalue weighted by atomic mass is 19.1. The molecule has 156 valence electrons. The largest absolute Gasteiger partial charge is 0.494 e. The molecule has 2 N–H and O–H groups in total. The standard InChI is InChI=1S/C19H20FN7O3/c1-26(18(28)17-22-6-8-30-17)7-4-3-5-15-24-16-11-9-12(20)14(29-2)10-13(11)23-19(21)27(16)25-15/h6,8-10H,3-5,7H2,1-2H3,(H2,21,23). The predicted octanol–water partition coefficient (Wildman–Crippen LogP) is 2.09. The van der Waals surface area contributed by atoms with Crippen LogP contribution in [0.3, 0.4) is 0 Å². The number of anilines is 1. The van der Waals surface area contributed by atoms with Crippen LogP contribution < -0.4 is 10.5 Å². The number of halogens is 1. The van der Waals surface area contributed by atoms with Crippen molar-refractivity contribution in [2.75, 3.05) is 26.4 Å². The lowest BCUT2D eigenvalue weighted by Crippen LogP contribution is -2.28. The van der Waals surface area contributed by atoms with Crippen molar-refractivity contribution in [1.29, 1.82) is 0 Å². The normalized spacial score (nSPS) is 11.3. The van der Waals surface area contributed by atoms with E-state index in [1.807, 2.05) is 0 Å². The molecule has 4 rings (SSSR count). The van der Waals surface area contributed by atoms with Gasteiger partial charge in [-0.3, -0.25) is 4.79 Å². The zero-order chi connectivity index (χ0) is 21.3. The van der Waals surface area contributed by atoms with Crippen molar-refractivity contribution < 1.29 is 18.3 Å². The van der Waals surface area contributed by atoms with E-state index < -0.39 is 5.82 Å². The first-order valence-electron chi connectivity index (χ1n) is 9.31. The van der Waals surface area contributed by atoms with Crippen LogP contribution in [0.15, 0.2) is 29.0 Å². The SMILES string of the molecule is COc1cc2nc(N)n3nc(CCCCN(C)C(=O)c4ncco4)nc3c2cc1F. The molecule has 3 heterocycles. The number of fused-ring (bicyclic) bond motifs is 3. The van der Waals surface area contributed by atoms with E-state index in [0.29, 0.717) is 35.3 Å². The number of nitrogen functional groups attached to an aromatic ring is 1. The maximum Gasteiger partial charge on any atom is 0.309 e. The number of nitrogens with zero attached hydrogens (tertiary/aromatic N) is 6. The van der Waals surface area contributed by atoms with Crippen molar-refractivity contribution in [3.63, 3.8) is 0 Å². The molecular weight excluding hydrogens is 393 g/mol. The van der Waals surface area contributed by atoms with E-state index in [2.05, 4.69) is 20.1 Å². The number of rotatable bonds is 7. The molecule has 0 atom stereocenters. The summed E-state index contributed by atoms with van der Waals surface area (Å²) in [6.07, 6.45) is 4.85. The Kier molecular flexibility index (Phi) is 5.17. The number of carbonyl (C=O) groups excluding carboxylic acids is 1. The van der Waals surface area contributed by atoms with Gasteiger partial charge >= 0.3 is 5.91 Å². The lowest BCUT2D eigenvalue weighted by molar-refractivity contribution is 0.0753. The zero-order valence-electron chi connectivity index (χ0n) is 16.5. The topological polar surface area (TPSA) is 125 Å². The van der Waals surface area contributed by atoms with Gasteiger partial charge in [-0.1, -0.05) is 0 Å². The lowest BCUT2D eigenvalue weighted by Gasteiger charge is -2.14. The second-order valence-electron chi connectivity index (χ2n) is 6.76. The number of methoxy groups -OCH3 is 1. The van der Waals surface area contributed by atoms with Crippen LogP contribution in [0, 0.1) is 5.82 Å². The zero-order valence-corrected chi connectivity index (χ0v) is 16.5. The highest BCUT2D eigenvalue weighted by molar-refractivity contribution is 5.93. The van der Waals surface area contributed by atoms with Crippen LogP contribution in [0.4, 0.5) is 10.3 Å². The summed E-state index contributed by atoms with van der Waals surface area (Å²) in [4.78, 5) is 26.3. The first-order chi connectivity index (χ1) is 14.5. The quantitative estimate of drug-likeness (QED) is 0.457. The summed E-state index contributed by atoms with van der Waals surface area (Å²) >= 11 is 0. The molecule has 0 saturated heterocycles. The van der Waals surface area contributed by atoms with E-state index in [4.69, 9.17) is 14.9 Å². The number of amides is 1. The summed E-state index contributed by atoms with van der Waals surface area (Å²) in [5.74, 6) is 0.0886. The molecule has 0 unspecified atom stereocenters. The smallest absolute Gasteiger partial charge is 0.309 e. The Labute approximate surface area is 170 Å². The second-order valence-corrected chi connectivity index (χ2v) is 6.76. The number of nitrogens with two attached hydrogens (primary N) is 1. The molecule has 11 heteroatoms. The van der Waals surface area contributed by atoms with Gasteiger partial charge in [-0.05, 0) is 18.9 Å². The number of aromatic nitrogens is 5. The first-order valence-corrected chi connectivity index (χ1v) is 9.31. The van der Waals surface area contributed by atoms with E-state index in [-0.39, 0.29) is 23.5 Å². The first kappa shape index (κ1) is 19.6. The molecular formula is C19H20FN7O3. The van der Waals surface area contributed by atoms with E-state index in [1.165, 1.54) is 36.2 Å². The van der Waals surface area contributed by atoms with E-state index >= 15 is 0 Å². The Morgan fingerprint density at radius 1 is 1.33 bits per heavy atom. The molecule has 0 aliphatic carbocycles. The summed E-state index contributed by atoms with van der Waals surface area (Å²) in [5.41, 5.74) is 6.91. The van der Waals surface area contributed by atoms with Crippen molar-refractivity contribution in [2.45, 2.75) is 19.3 Å². The molecule has 0 aliphatic heterocycles. The fourth-order valence-electron chi connectivity index (χ4n) is 3.16. The number of oxazole rings is 1. The molecule has 3 aromatic heterocycles. The Morgan fingerprint density at radius 3 is 2.90 bits per heavy atom. The lowest BCUT2D eigenvalue weighted by atomic mass is 10.2. The molecule has 4 aromatic rings. The van der Waals surface area contributed by atoms with Crippen LogP contribution in [0.25, 0.3) is 16.6 Å². The van der Waals surface area contributed by atoms with Gasteiger partial charge in [-0.15, -0.1) is 5.10 Å². The molecule has 30 heavy (non-hydrogen) atoms. The molecule has 0 spiro atoms. The molecule has 1 amide bonds. The number of hydrogen-bond acceptors (Lipinski definition) is 8. The summed E-state index contributed by atoms with van der Waals surface area (Å²) < 4.78 is 25.6.